The highest BCUT2D eigenvalue weighted by Crippen LogP contribution is 2.34. The van der Waals surface area contributed by atoms with Crippen LogP contribution in [0.5, 0.6) is 0 Å². The van der Waals surface area contributed by atoms with Gasteiger partial charge in [-0.05, 0) is 27.1 Å². The van der Waals surface area contributed by atoms with Crippen LogP contribution in [0, 0.1) is 0 Å². The van der Waals surface area contributed by atoms with Crippen LogP contribution in [0.15, 0.2) is 29.2 Å². The van der Waals surface area contributed by atoms with Gasteiger partial charge in [0.05, 0.1) is 0 Å². The van der Waals surface area contributed by atoms with Crippen molar-refractivity contribution in [2.24, 2.45) is 5.73 Å². The van der Waals surface area contributed by atoms with Gasteiger partial charge in [0.15, 0.2) is 0 Å². The number of thiophene rings is 1. The molecule has 5 nitrogen and oxygen atoms in total. The van der Waals surface area contributed by atoms with Crippen LogP contribution in [-0.4, -0.2) is 40.0 Å². The molecule has 0 radical (unpaired) electrons. The zero-order valence-electron chi connectivity index (χ0n) is 12.5. The maximum Gasteiger partial charge on any atom is 0.242 e. The number of benzene rings is 1. The first kappa shape index (κ1) is 16.4. The number of hydrogen-bond donors (Lipinski definition) is 2. The molecule has 0 saturated heterocycles. The summed E-state index contributed by atoms with van der Waals surface area (Å²) in [6.07, 6.45) is 0. The Morgan fingerprint density at radius 1 is 1.33 bits per heavy atom. The van der Waals surface area contributed by atoms with Crippen molar-refractivity contribution in [2.75, 3.05) is 20.6 Å². The first-order valence-corrected chi connectivity index (χ1v) is 9.03. The van der Waals surface area contributed by atoms with E-state index in [1.165, 1.54) is 11.3 Å². The van der Waals surface area contributed by atoms with E-state index in [1.54, 1.807) is 0 Å². The smallest absolute Gasteiger partial charge is 0.242 e. The summed E-state index contributed by atoms with van der Waals surface area (Å²) in [4.78, 5) is 3.00. The second-order valence-corrected chi connectivity index (χ2v) is 8.06. The highest BCUT2D eigenvalue weighted by atomic mass is 32.2. The number of rotatable bonds is 6. The first-order chi connectivity index (χ1) is 9.86. The Balaban J connectivity index is 2.40. The maximum absolute atomic E-state index is 12.6. The van der Waals surface area contributed by atoms with Gasteiger partial charge in [-0.3, -0.25) is 0 Å². The monoisotopic (exact) mass is 327 g/mol. The van der Waals surface area contributed by atoms with Crippen molar-refractivity contribution in [3.8, 4) is 0 Å². The molecule has 2 aromatic rings. The van der Waals surface area contributed by atoms with Crippen LogP contribution >= 0.6 is 11.3 Å². The van der Waals surface area contributed by atoms with Gasteiger partial charge >= 0.3 is 0 Å². The third kappa shape index (κ3) is 3.44. The molecular weight excluding hydrogens is 306 g/mol. The minimum atomic E-state index is -3.56. The lowest BCUT2D eigenvalue weighted by Crippen LogP contribution is -2.38. The van der Waals surface area contributed by atoms with Gasteiger partial charge in [0.25, 0.3) is 0 Å². The van der Waals surface area contributed by atoms with E-state index < -0.39 is 10.0 Å². The lowest BCUT2D eigenvalue weighted by Gasteiger charge is -2.20. The van der Waals surface area contributed by atoms with Gasteiger partial charge in [-0.1, -0.05) is 18.2 Å². The Bertz CT molecular complexity index is 723. The fourth-order valence-corrected chi connectivity index (χ4v) is 4.94. The molecule has 1 aromatic heterocycles. The third-order valence-electron chi connectivity index (χ3n) is 3.52. The zero-order valence-corrected chi connectivity index (χ0v) is 14.1. The van der Waals surface area contributed by atoms with E-state index in [9.17, 15) is 8.42 Å². The van der Waals surface area contributed by atoms with Crippen LogP contribution in [-0.2, 0) is 16.6 Å². The van der Waals surface area contributed by atoms with E-state index in [0.29, 0.717) is 16.3 Å². The Morgan fingerprint density at radius 2 is 2.00 bits per heavy atom. The fraction of sp³-hybridized carbons (Fsp3) is 0.429. The van der Waals surface area contributed by atoms with Crippen LogP contribution in [0.25, 0.3) is 10.1 Å². The van der Waals surface area contributed by atoms with Crippen LogP contribution in [0.4, 0.5) is 0 Å². The molecule has 0 amide bonds. The summed E-state index contributed by atoms with van der Waals surface area (Å²) in [5.41, 5.74) is 5.73. The van der Waals surface area contributed by atoms with Gasteiger partial charge in [-0.15, -0.1) is 11.3 Å². The first-order valence-electron chi connectivity index (χ1n) is 6.73. The van der Waals surface area contributed by atoms with Crippen molar-refractivity contribution in [2.45, 2.75) is 24.4 Å². The van der Waals surface area contributed by atoms with E-state index in [0.717, 1.165) is 10.1 Å². The highest BCUT2D eigenvalue weighted by molar-refractivity contribution is 7.90. The molecule has 0 spiro atoms. The number of nitrogens with one attached hydrogen (secondary N) is 1. The topological polar surface area (TPSA) is 75.4 Å². The summed E-state index contributed by atoms with van der Waals surface area (Å²) in [7, 11) is 0.281. The van der Waals surface area contributed by atoms with Crippen LogP contribution < -0.4 is 10.5 Å². The number of fused-ring (bicyclic) bond motifs is 1. The predicted molar refractivity (Wildman–Crippen MR) is 88.1 cm³/mol. The lowest BCUT2D eigenvalue weighted by molar-refractivity contribution is 0.314. The molecule has 1 aromatic carbocycles. The van der Waals surface area contributed by atoms with Crippen molar-refractivity contribution in [3.05, 3.63) is 29.1 Å². The van der Waals surface area contributed by atoms with Gasteiger partial charge < -0.3 is 10.6 Å². The Morgan fingerprint density at radius 3 is 2.62 bits per heavy atom. The highest BCUT2D eigenvalue weighted by Gasteiger charge is 2.24. The number of nitrogens with two attached hydrogens (primary N) is 1. The molecule has 0 fully saturated rings. The average molecular weight is 327 g/mol. The Hall–Kier alpha value is -0.990. The largest absolute Gasteiger partial charge is 0.326 e. The summed E-state index contributed by atoms with van der Waals surface area (Å²) in [5, 5.41) is 0.743. The molecule has 7 heteroatoms. The van der Waals surface area contributed by atoms with Crippen molar-refractivity contribution in [1.29, 1.82) is 0 Å². The molecule has 2 rings (SSSR count). The summed E-state index contributed by atoms with van der Waals surface area (Å²) in [6, 6.07) is 7.61. The molecule has 1 atom stereocenters. The minimum Gasteiger partial charge on any atom is -0.326 e. The Labute approximate surface area is 129 Å². The minimum absolute atomic E-state index is 0.117. The van der Waals surface area contributed by atoms with Crippen molar-refractivity contribution >= 4 is 31.4 Å². The van der Waals surface area contributed by atoms with E-state index in [1.807, 2.05) is 50.2 Å². The van der Waals surface area contributed by atoms with E-state index in [2.05, 4.69) is 4.72 Å². The van der Waals surface area contributed by atoms with Crippen LogP contribution in [0.1, 0.15) is 11.8 Å². The Kier molecular flexibility index (Phi) is 5.00. The summed E-state index contributed by atoms with van der Waals surface area (Å²) < 4.78 is 28.9. The number of sulfonamides is 1. The predicted octanol–water partition coefficient (Wildman–Crippen LogP) is 1.59. The van der Waals surface area contributed by atoms with Crippen molar-refractivity contribution in [1.82, 2.24) is 9.62 Å². The number of nitrogens with zero attached hydrogens (tertiary/aromatic N) is 1. The van der Waals surface area contributed by atoms with Gasteiger partial charge in [0, 0.05) is 34.1 Å². The third-order valence-corrected chi connectivity index (χ3v) is 6.40. The van der Waals surface area contributed by atoms with Gasteiger partial charge in [-0.2, -0.15) is 0 Å². The van der Waals surface area contributed by atoms with Gasteiger partial charge in [0.2, 0.25) is 10.0 Å². The van der Waals surface area contributed by atoms with Gasteiger partial charge in [0.1, 0.15) is 4.90 Å². The molecule has 1 unspecified atom stereocenters. The van der Waals surface area contributed by atoms with E-state index >= 15 is 0 Å². The summed E-state index contributed by atoms with van der Waals surface area (Å²) in [6.45, 7) is 2.56. The molecular formula is C14H21N3O2S2. The van der Waals surface area contributed by atoms with Crippen LogP contribution in [0.3, 0.4) is 0 Å². The average Bonchev–Trinajstić information content (AvgIpc) is 2.83. The van der Waals surface area contributed by atoms with Gasteiger partial charge in [-0.25, -0.2) is 13.1 Å². The maximum atomic E-state index is 12.6. The lowest BCUT2D eigenvalue weighted by atomic mass is 10.2. The quantitative estimate of drug-likeness (QED) is 0.845. The molecule has 3 N–H and O–H groups in total. The standard InChI is InChI=1S/C14H21N3O2S2/c1-10(17(2)3)9-16-21(18,19)14-11-6-4-5-7-12(11)20-13(14)8-15/h4-7,10,16H,8-9,15H2,1-3H3. The molecule has 0 aliphatic carbocycles. The molecule has 0 aliphatic heterocycles. The molecule has 21 heavy (non-hydrogen) atoms. The molecule has 0 saturated carbocycles. The van der Waals surface area contributed by atoms with E-state index in [-0.39, 0.29) is 12.6 Å². The molecule has 0 bridgehead atoms. The molecule has 116 valence electrons. The fourth-order valence-electron chi connectivity index (χ4n) is 1.99. The van der Waals surface area contributed by atoms with E-state index in [4.69, 9.17) is 5.73 Å². The van der Waals surface area contributed by atoms with Crippen molar-refractivity contribution < 1.29 is 8.42 Å². The number of likely N-dealkylation sites (N-methyl/N-ethyl adjacent to an activating group) is 1. The van der Waals surface area contributed by atoms with Crippen molar-refractivity contribution in [3.63, 3.8) is 0 Å². The summed E-state index contributed by atoms with van der Waals surface area (Å²) in [5.74, 6) is 0. The second kappa shape index (κ2) is 6.41. The number of hydrogen-bond acceptors (Lipinski definition) is 5. The molecule has 1 heterocycles. The molecule has 0 aliphatic rings. The normalized spacial score (nSPS) is 14.0. The SMILES string of the molecule is CC(CNS(=O)(=O)c1c(CN)sc2ccccc12)N(C)C. The van der Waals surface area contributed by atoms with Crippen LogP contribution in [0.2, 0.25) is 0 Å². The second-order valence-electron chi connectivity index (χ2n) is 5.22. The summed E-state index contributed by atoms with van der Waals surface area (Å²) >= 11 is 1.44. The zero-order chi connectivity index (χ0) is 15.6.